The molecule has 1 aromatic carbocycles. The molecule has 0 saturated heterocycles. The lowest BCUT2D eigenvalue weighted by Gasteiger charge is -2.07. The number of benzene rings is 1. The van der Waals surface area contributed by atoms with Crippen LogP contribution in [0.3, 0.4) is 0 Å². The molecule has 2 nitrogen and oxygen atoms in total. The highest BCUT2D eigenvalue weighted by atomic mass is 32.2. The second kappa shape index (κ2) is 4.26. The Morgan fingerprint density at radius 2 is 2.27 bits per heavy atom. The maximum atomic E-state index is 9.16. The van der Waals surface area contributed by atoms with E-state index in [9.17, 15) is 0 Å². The molecular weight excluding hydrogens is 206 g/mol. The normalized spacial score (nSPS) is 28.4. The minimum atomic E-state index is -0.336. The van der Waals surface area contributed by atoms with Gasteiger partial charge in [-0.3, -0.25) is 0 Å². The van der Waals surface area contributed by atoms with Crippen molar-refractivity contribution in [2.75, 3.05) is 6.61 Å². The van der Waals surface area contributed by atoms with Gasteiger partial charge in [0.15, 0.2) is 0 Å². The summed E-state index contributed by atoms with van der Waals surface area (Å²) < 4.78 is 5.15. The van der Waals surface area contributed by atoms with Crippen LogP contribution in [0, 0.1) is 11.3 Å². The van der Waals surface area contributed by atoms with E-state index in [1.165, 1.54) is 0 Å². The Morgan fingerprint density at radius 3 is 2.87 bits per heavy atom. The predicted molar refractivity (Wildman–Crippen MR) is 60.7 cm³/mol. The average Bonchev–Trinajstić information content (AvgIpc) is 2.94. The van der Waals surface area contributed by atoms with Gasteiger partial charge in [0.05, 0.1) is 12.2 Å². The minimum absolute atomic E-state index is 0.109. The molecule has 0 N–H and O–H groups in total. The standard InChI is InChI=1S/C12H13NOS/c1-2-14-11-8-12(11,9-13)15-10-6-4-3-5-7-10/h3-7,11H,2,8H2,1H3/t11-,12+/m1/s1. The van der Waals surface area contributed by atoms with Gasteiger partial charge in [0.1, 0.15) is 4.75 Å². The maximum Gasteiger partial charge on any atom is 0.136 e. The van der Waals surface area contributed by atoms with Crippen molar-refractivity contribution < 1.29 is 4.74 Å². The summed E-state index contributed by atoms with van der Waals surface area (Å²) in [7, 11) is 0. The van der Waals surface area contributed by atoms with Crippen LogP contribution in [0.2, 0.25) is 0 Å². The van der Waals surface area contributed by atoms with Crippen LogP contribution in [0.5, 0.6) is 0 Å². The van der Waals surface area contributed by atoms with E-state index >= 15 is 0 Å². The van der Waals surface area contributed by atoms with Crippen LogP contribution in [0.1, 0.15) is 13.3 Å². The number of nitrogens with zero attached hydrogens (tertiary/aromatic N) is 1. The first-order chi connectivity index (χ1) is 7.30. The molecule has 78 valence electrons. The Morgan fingerprint density at radius 1 is 1.53 bits per heavy atom. The van der Waals surface area contributed by atoms with Crippen molar-refractivity contribution in [3.8, 4) is 6.07 Å². The van der Waals surface area contributed by atoms with E-state index < -0.39 is 0 Å². The molecule has 0 radical (unpaired) electrons. The summed E-state index contributed by atoms with van der Waals surface area (Å²) in [4.78, 5) is 1.14. The topological polar surface area (TPSA) is 33.0 Å². The lowest BCUT2D eigenvalue weighted by atomic mass is 10.4. The summed E-state index contributed by atoms with van der Waals surface area (Å²) in [6, 6.07) is 12.4. The monoisotopic (exact) mass is 219 g/mol. The zero-order valence-electron chi connectivity index (χ0n) is 8.64. The minimum Gasteiger partial charge on any atom is -0.376 e. The first-order valence-corrected chi connectivity index (χ1v) is 5.89. The lowest BCUT2D eigenvalue weighted by Crippen LogP contribution is -2.09. The van der Waals surface area contributed by atoms with E-state index in [2.05, 4.69) is 6.07 Å². The Balaban J connectivity index is 2.03. The van der Waals surface area contributed by atoms with E-state index in [4.69, 9.17) is 10.00 Å². The van der Waals surface area contributed by atoms with Gasteiger partial charge in [-0.25, -0.2) is 0 Å². The fraction of sp³-hybridized carbons (Fsp3) is 0.417. The molecule has 0 amide bonds. The van der Waals surface area contributed by atoms with E-state index in [1.54, 1.807) is 11.8 Å². The van der Waals surface area contributed by atoms with E-state index in [-0.39, 0.29) is 10.9 Å². The van der Waals surface area contributed by atoms with Crippen LogP contribution in [-0.4, -0.2) is 17.5 Å². The summed E-state index contributed by atoms with van der Waals surface area (Å²) in [5, 5.41) is 9.16. The molecular formula is C12H13NOS. The number of nitriles is 1. The third-order valence-electron chi connectivity index (χ3n) is 2.45. The van der Waals surface area contributed by atoms with E-state index in [0.717, 1.165) is 11.3 Å². The first kappa shape index (κ1) is 10.5. The quantitative estimate of drug-likeness (QED) is 0.780. The highest BCUT2D eigenvalue weighted by Crippen LogP contribution is 2.53. The zero-order valence-corrected chi connectivity index (χ0v) is 9.46. The summed E-state index contributed by atoms with van der Waals surface area (Å²) in [5.74, 6) is 0. The number of rotatable bonds is 4. The van der Waals surface area contributed by atoms with Crippen LogP contribution in [0.25, 0.3) is 0 Å². The van der Waals surface area contributed by atoms with Crippen molar-refractivity contribution in [2.45, 2.75) is 29.1 Å². The lowest BCUT2D eigenvalue weighted by molar-refractivity contribution is 0.129. The van der Waals surface area contributed by atoms with Crippen molar-refractivity contribution in [2.24, 2.45) is 0 Å². The number of thioether (sulfide) groups is 1. The number of hydrogen-bond donors (Lipinski definition) is 0. The largest absolute Gasteiger partial charge is 0.376 e. The Kier molecular flexibility index (Phi) is 2.99. The Bertz CT molecular complexity index is 373. The van der Waals surface area contributed by atoms with Gasteiger partial charge in [-0.1, -0.05) is 18.2 Å². The molecule has 1 saturated carbocycles. The molecule has 1 fully saturated rings. The number of ether oxygens (including phenoxy) is 1. The highest BCUT2D eigenvalue weighted by Gasteiger charge is 2.57. The first-order valence-electron chi connectivity index (χ1n) is 5.07. The van der Waals surface area contributed by atoms with Gasteiger partial charge >= 0.3 is 0 Å². The molecule has 2 rings (SSSR count). The van der Waals surface area contributed by atoms with Crippen molar-refractivity contribution >= 4 is 11.8 Å². The summed E-state index contributed by atoms with van der Waals surface area (Å²) >= 11 is 1.62. The second-order valence-corrected chi connectivity index (χ2v) is 4.97. The summed E-state index contributed by atoms with van der Waals surface area (Å²) in [6.45, 7) is 2.65. The molecule has 0 aromatic heterocycles. The van der Waals surface area contributed by atoms with Crippen LogP contribution in [-0.2, 0) is 4.74 Å². The summed E-state index contributed by atoms with van der Waals surface area (Å²) in [5.41, 5.74) is 0. The summed E-state index contributed by atoms with van der Waals surface area (Å²) in [6.07, 6.45) is 0.953. The van der Waals surface area contributed by atoms with Crippen LogP contribution in [0.15, 0.2) is 35.2 Å². The molecule has 15 heavy (non-hydrogen) atoms. The van der Waals surface area contributed by atoms with Gasteiger partial charge in [-0.05, 0) is 19.1 Å². The fourth-order valence-corrected chi connectivity index (χ4v) is 2.75. The zero-order chi connectivity index (χ0) is 10.7. The molecule has 0 bridgehead atoms. The Hall–Kier alpha value is -0.980. The molecule has 2 atom stereocenters. The SMILES string of the molecule is CCO[C@@H]1C[C@@]1(C#N)Sc1ccccc1. The molecule has 0 heterocycles. The average molecular weight is 219 g/mol. The van der Waals surface area contributed by atoms with Crippen molar-refractivity contribution in [3.05, 3.63) is 30.3 Å². The van der Waals surface area contributed by atoms with Gasteiger partial charge < -0.3 is 4.74 Å². The van der Waals surface area contributed by atoms with Crippen LogP contribution in [0.4, 0.5) is 0 Å². The van der Waals surface area contributed by atoms with E-state index in [1.807, 2.05) is 37.3 Å². The molecule has 1 aliphatic carbocycles. The van der Waals surface area contributed by atoms with Crippen LogP contribution < -0.4 is 0 Å². The van der Waals surface area contributed by atoms with Crippen LogP contribution >= 0.6 is 11.8 Å². The van der Waals surface area contributed by atoms with Gasteiger partial charge in [-0.15, -0.1) is 11.8 Å². The molecule has 0 unspecified atom stereocenters. The number of hydrogen-bond acceptors (Lipinski definition) is 3. The van der Waals surface area contributed by atoms with E-state index in [0.29, 0.717) is 6.61 Å². The van der Waals surface area contributed by atoms with Gasteiger partial charge in [0, 0.05) is 17.9 Å². The third kappa shape index (κ3) is 2.17. The predicted octanol–water partition coefficient (Wildman–Crippen LogP) is 2.85. The smallest absolute Gasteiger partial charge is 0.136 e. The molecule has 0 spiro atoms. The molecule has 1 aromatic rings. The molecule has 3 heteroatoms. The van der Waals surface area contributed by atoms with Gasteiger partial charge in [-0.2, -0.15) is 5.26 Å². The molecule has 1 aliphatic rings. The van der Waals surface area contributed by atoms with Crippen molar-refractivity contribution in [1.82, 2.24) is 0 Å². The van der Waals surface area contributed by atoms with Gasteiger partial charge in [0.2, 0.25) is 0 Å². The maximum absolute atomic E-state index is 9.16. The highest BCUT2D eigenvalue weighted by molar-refractivity contribution is 8.01. The fourth-order valence-electron chi connectivity index (χ4n) is 1.56. The Labute approximate surface area is 94.2 Å². The van der Waals surface area contributed by atoms with Crippen molar-refractivity contribution in [1.29, 1.82) is 5.26 Å². The third-order valence-corrected chi connectivity index (χ3v) is 3.84. The van der Waals surface area contributed by atoms with Gasteiger partial charge in [0.25, 0.3) is 0 Å². The second-order valence-electron chi connectivity index (χ2n) is 3.56. The van der Waals surface area contributed by atoms with Crippen molar-refractivity contribution in [3.63, 3.8) is 0 Å². The molecule has 0 aliphatic heterocycles.